The lowest BCUT2D eigenvalue weighted by Gasteiger charge is -2.17. The Labute approximate surface area is 110 Å². The van der Waals surface area contributed by atoms with Crippen LogP contribution in [0.4, 0.5) is 5.82 Å². The first-order valence-electron chi connectivity index (χ1n) is 4.50. The van der Waals surface area contributed by atoms with Gasteiger partial charge in [0, 0.05) is 12.4 Å². The first-order chi connectivity index (χ1) is 7.68. The van der Waals surface area contributed by atoms with Crippen molar-refractivity contribution in [1.82, 2.24) is 15.0 Å². The zero-order chi connectivity index (χ0) is 11.5. The van der Waals surface area contributed by atoms with Gasteiger partial charge in [-0.05, 0) is 22.6 Å². The molecule has 2 rings (SSSR count). The van der Waals surface area contributed by atoms with Gasteiger partial charge in [-0.15, -0.1) is 11.3 Å². The second kappa shape index (κ2) is 4.91. The van der Waals surface area contributed by atoms with Crippen LogP contribution in [0.25, 0.3) is 0 Å². The van der Waals surface area contributed by atoms with Crippen LogP contribution >= 0.6 is 33.9 Å². The summed E-state index contributed by atoms with van der Waals surface area (Å²) < 4.78 is 0.595. The molecule has 0 spiro atoms. The zero-order valence-corrected chi connectivity index (χ0v) is 11.4. The number of aromatic nitrogens is 3. The minimum atomic E-state index is -0.115. The number of aromatic amines is 1. The van der Waals surface area contributed by atoms with E-state index in [1.165, 1.54) is 6.33 Å². The Kier molecular flexibility index (Phi) is 3.54. The predicted molar refractivity (Wildman–Crippen MR) is 71.8 cm³/mol. The SMILES string of the molecule is CN(Cc1cscn1)c1nc[nH]c(=O)c1I. The molecule has 0 aliphatic heterocycles. The average Bonchev–Trinajstić information content (AvgIpc) is 2.74. The van der Waals surface area contributed by atoms with Gasteiger partial charge in [0.15, 0.2) is 0 Å². The molecule has 0 bridgehead atoms. The molecule has 2 aromatic rings. The molecule has 2 aromatic heterocycles. The fourth-order valence-corrected chi connectivity index (χ4v) is 2.53. The number of nitrogens with one attached hydrogen (secondary N) is 1. The predicted octanol–water partition coefficient (Wildman–Crippen LogP) is 1.47. The lowest BCUT2D eigenvalue weighted by Crippen LogP contribution is -2.23. The number of thiazole rings is 1. The highest BCUT2D eigenvalue weighted by atomic mass is 127. The van der Waals surface area contributed by atoms with E-state index in [2.05, 4.69) is 15.0 Å². The average molecular weight is 348 g/mol. The maximum Gasteiger partial charge on any atom is 0.266 e. The number of hydrogen-bond donors (Lipinski definition) is 1. The molecule has 84 valence electrons. The summed E-state index contributed by atoms with van der Waals surface area (Å²) in [6, 6.07) is 0. The molecule has 0 aliphatic rings. The summed E-state index contributed by atoms with van der Waals surface area (Å²) in [6.07, 6.45) is 1.41. The van der Waals surface area contributed by atoms with Crippen LogP contribution in [0.2, 0.25) is 0 Å². The zero-order valence-electron chi connectivity index (χ0n) is 8.48. The molecular formula is C9H9IN4OS. The number of nitrogens with zero attached hydrogens (tertiary/aromatic N) is 3. The van der Waals surface area contributed by atoms with Crippen molar-refractivity contribution in [3.05, 3.63) is 36.8 Å². The Morgan fingerprint density at radius 1 is 1.56 bits per heavy atom. The molecule has 0 saturated heterocycles. The topological polar surface area (TPSA) is 61.9 Å². The minimum Gasteiger partial charge on any atom is -0.353 e. The van der Waals surface area contributed by atoms with Crippen molar-refractivity contribution in [3.63, 3.8) is 0 Å². The highest BCUT2D eigenvalue weighted by molar-refractivity contribution is 14.1. The smallest absolute Gasteiger partial charge is 0.266 e. The number of hydrogen-bond acceptors (Lipinski definition) is 5. The van der Waals surface area contributed by atoms with E-state index < -0.39 is 0 Å². The molecule has 16 heavy (non-hydrogen) atoms. The summed E-state index contributed by atoms with van der Waals surface area (Å²) in [5.41, 5.74) is 2.65. The van der Waals surface area contributed by atoms with Gasteiger partial charge in [-0.2, -0.15) is 0 Å². The summed E-state index contributed by atoms with van der Waals surface area (Å²) in [6.45, 7) is 0.649. The van der Waals surface area contributed by atoms with Crippen molar-refractivity contribution in [2.75, 3.05) is 11.9 Å². The van der Waals surface area contributed by atoms with Crippen LogP contribution in [0.3, 0.4) is 0 Å². The molecule has 0 atom stereocenters. The summed E-state index contributed by atoms with van der Waals surface area (Å²) in [5.74, 6) is 0.678. The van der Waals surface area contributed by atoms with Crippen LogP contribution in [0.1, 0.15) is 5.69 Å². The van der Waals surface area contributed by atoms with Crippen LogP contribution in [-0.2, 0) is 6.54 Å². The Hall–Kier alpha value is -0.960. The largest absolute Gasteiger partial charge is 0.353 e. The fourth-order valence-electron chi connectivity index (χ4n) is 1.27. The van der Waals surface area contributed by atoms with Gasteiger partial charge in [0.25, 0.3) is 5.56 Å². The molecule has 5 nitrogen and oxygen atoms in total. The third kappa shape index (κ3) is 2.40. The minimum absolute atomic E-state index is 0.115. The molecule has 7 heteroatoms. The van der Waals surface area contributed by atoms with Gasteiger partial charge in [0.05, 0.1) is 24.1 Å². The lowest BCUT2D eigenvalue weighted by atomic mass is 10.4. The van der Waals surface area contributed by atoms with Crippen molar-refractivity contribution in [2.45, 2.75) is 6.54 Å². The molecule has 0 saturated carbocycles. The highest BCUT2D eigenvalue weighted by Gasteiger charge is 2.11. The van der Waals surface area contributed by atoms with Gasteiger partial charge in [-0.25, -0.2) is 9.97 Å². The molecule has 0 unspecified atom stereocenters. The van der Waals surface area contributed by atoms with Crippen molar-refractivity contribution in [1.29, 1.82) is 0 Å². The first-order valence-corrected chi connectivity index (χ1v) is 6.52. The molecule has 0 radical (unpaired) electrons. The Balaban J connectivity index is 2.24. The van der Waals surface area contributed by atoms with E-state index in [1.807, 2.05) is 39.9 Å². The molecule has 0 fully saturated rings. The molecule has 0 aliphatic carbocycles. The van der Waals surface area contributed by atoms with Gasteiger partial charge in [-0.1, -0.05) is 0 Å². The van der Waals surface area contributed by atoms with Crippen LogP contribution < -0.4 is 10.5 Å². The second-order valence-electron chi connectivity index (χ2n) is 3.21. The number of anilines is 1. The standard InChI is InChI=1S/C9H9IN4OS/c1-14(2-6-3-16-5-13-6)8-7(10)9(15)12-4-11-8/h3-5H,2H2,1H3,(H,11,12,15). The third-order valence-corrected chi connectivity index (χ3v) is 3.63. The molecule has 0 amide bonds. The molecule has 1 N–H and O–H groups in total. The van der Waals surface area contributed by atoms with Gasteiger partial charge in [-0.3, -0.25) is 4.79 Å². The number of halogens is 1. The van der Waals surface area contributed by atoms with Crippen molar-refractivity contribution >= 4 is 39.7 Å². The fraction of sp³-hybridized carbons (Fsp3) is 0.222. The van der Waals surface area contributed by atoms with E-state index in [0.717, 1.165) is 5.69 Å². The molecule has 0 aromatic carbocycles. The summed E-state index contributed by atoms with van der Waals surface area (Å²) in [4.78, 5) is 24.2. The maximum absolute atomic E-state index is 11.4. The van der Waals surface area contributed by atoms with Crippen LogP contribution in [0.5, 0.6) is 0 Å². The summed E-state index contributed by atoms with van der Waals surface area (Å²) in [5, 5.41) is 1.98. The Morgan fingerprint density at radius 3 is 3.06 bits per heavy atom. The van der Waals surface area contributed by atoms with Crippen molar-refractivity contribution < 1.29 is 0 Å². The van der Waals surface area contributed by atoms with Gasteiger partial charge >= 0.3 is 0 Å². The van der Waals surface area contributed by atoms with Crippen molar-refractivity contribution in [3.8, 4) is 0 Å². The Morgan fingerprint density at radius 2 is 2.38 bits per heavy atom. The van der Waals surface area contributed by atoms with Crippen molar-refractivity contribution in [2.24, 2.45) is 0 Å². The van der Waals surface area contributed by atoms with E-state index >= 15 is 0 Å². The second-order valence-corrected chi connectivity index (χ2v) is 5.00. The van der Waals surface area contributed by atoms with E-state index in [0.29, 0.717) is 15.9 Å². The first kappa shape index (κ1) is 11.5. The monoisotopic (exact) mass is 348 g/mol. The van der Waals surface area contributed by atoms with Gasteiger partial charge in [0.2, 0.25) is 0 Å². The quantitative estimate of drug-likeness (QED) is 0.854. The van der Waals surface area contributed by atoms with Gasteiger partial charge in [0.1, 0.15) is 9.39 Å². The third-order valence-electron chi connectivity index (χ3n) is 2.02. The van der Waals surface area contributed by atoms with Crippen LogP contribution in [0.15, 0.2) is 22.0 Å². The molecular weight excluding hydrogens is 339 g/mol. The summed E-state index contributed by atoms with van der Waals surface area (Å²) in [7, 11) is 1.89. The maximum atomic E-state index is 11.4. The van der Waals surface area contributed by atoms with E-state index in [4.69, 9.17) is 0 Å². The van der Waals surface area contributed by atoms with E-state index in [9.17, 15) is 4.79 Å². The highest BCUT2D eigenvalue weighted by Crippen LogP contribution is 2.16. The normalized spacial score (nSPS) is 10.4. The van der Waals surface area contributed by atoms with Crippen LogP contribution in [0, 0.1) is 3.57 Å². The van der Waals surface area contributed by atoms with Gasteiger partial charge < -0.3 is 9.88 Å². The number of rotatable bonds is 3. The van der Waals surface area contributed by atoms with Crippen LogP contribution in [-0.4, -0.2) is 22.0 Å². The van der Waals surface area contributed by atoms with E-state index in [1.54, 1.807) is 16.8 Å². The van der Waals surface area contributed by atoms with E-state index in [-0.39, 0.29) is 5.56 Å². The Bertz CT molecular complexity index is 525. The lowest BCUT2D eigenvalue weighted by molar-refractivity contribution is 0.860. The summed E-state index contributed by atoms with van der Waals surface area (Å²) >= 11 is 3.55. The molecule has 2 heterocycles. The number of H-pyrrole nitrogens is 1.